The van der Waals surface area contributed by atoms with Crippen LogP contribution in [0.4, 0.5) is 14.9 Å². The van der Waals surface area contributed by atoms with Crippen LogP contribution in [0.5, 0.6) is 0 Å². The normalized spacial score (nSPS) is 17.7. The molecule has 1 heterocycles. The molecule has 2 aliphatic rings. The lowest BCUT2D eigenvalue weighted by Gasteiger charge is -2.36. The van der Waals surface area contributed by atoms with Gasteiger partial charge in [0.25, 0.3) is 0 Å². The molecule has 0 atom stereocenters. The zero-order chi connectivity index (χ0) is 21.7. The Hall–Kier alpha value is -2.51. The zero-order valence-electron chi connectivity index (χ0n) is 18.5. The third kappa shape index (κ3) is 6.50. The molecule has 1 amide bonds. The number of amides is 1. The first-order valence-corrected chi connectivity index (χ1v) is 10.8. The molecule has 0 aromatic heterocycles. The lowest BCUT2D eigenvalue weighted by Crippen LogP contribution is -2.50. The molecule has 1 saturated carbocycles. The van der Waals surface area contributed by atoms with E-state index in [0.29, 0.717) is 44.5 Å². The zero-order valence-corrected chi connectivity index (χ0v) is 18.5. The van der Waals surface area contributed by atoms with Crippen molar-refractivity contribution in [3.05, 3.63) is 29.6 Å². The second kappa shape index (κ2) is 9.53. The number of rotatable bonds is 5. The van der Waals surface area contributed by atoms with E-state index in [1.807, 2.05) is 44.7 Å². The highest BCUT2D eigenvalue weighted by Gasteiger charge is 2.27. The highest BCUT2D eigenvalue weighted by Crippen LogP contribution is 2.23. The van der Waals surface area contributed by atoms with Crippen LogP contribution in [-0.2, 0) is 11.3 Å². The highest BCUT2D eigenvalue weighted by atomic mass is 19.1. The van der Waals surface area contributed by atoms with Crippen molar-refractivity contribution in [2.24, 2.45) is 4.99 Å². The van der Waals surface area contributed by atoms with Crippen LogP contribution in [0.15, 0.2) is 23.2 Å². The molecule has 8 heteroatoms. The molecule has 166 valence electrons. The molecule has 3 rings (SSSR count). The predicted octanol–water partition coefficient (Wildman–Crippen LogP) is 3.10. The van der Waals surface area contributed by atoms with Crippen LogP contribution in [0.1, 0.15) is 46.1 Å². The van der Waals surface area contributed by atoms with Gasteiger partial charge < -0.3 is 25.2 Å². The van der Waals surface area contributed by atoms with Gasteiger partial charge in [0.15, 0.2) is 5.96 Å². The number of nitrogens with zero attached hydrogens (tertiary/aromatic N) is 3. The average Bonchev–Trinajstić information content (AvgIpc) is 3.49. The van der Waals surface area contributed by atoms with Crippen LogP contribution in [0, 0.1) is 5.82 Å². The van der Waals surface area contributed by atoms with Crippen molar-refractivity contribution in [3.8, 4) is 0 Å². The van der Waals surface area contributed by atoms with Gasteiger partial charge in [-0.25, -0.2) is 14.2 Å². The predicted molar refractivity (Wildman–Crippen MR) is 117 cm³/mol. The van der Waals surface area contributed by atoms with Crippen LogP contribution in [0.3, 0.4) is 0 Å². The second-order valence-corrected chi connectivity index (χ2v) is 8.85. The molecule has 0 unspecified atom stereocenters. The van der Waals surface area contributed by atoms with E-state index in [4.69, 9.17) is 4.74 Å². The van der Waals surface area contributed by atoms with Crippen molar-refractivity contribution in [2.45, 2.75) is 58.7 Å². The first-order chi connectivity index (χ1) is 14.2. The largest absolute Gasteiger partial charge is 0.444 e. The lowest BCUT2D eigenvalue weighted by atomic mass is 10.1. The summed E-state index contributed by atoms with van der Waals surface area (Å²) in [6.45, 7) is 11.0. The molecule has 1 aromatic rings. The third-order valence-electron chi connectivity index (χ3n) is 4.97. The van der Waals surface area contributed by atoms with Gasteiger partial charge in [-0.05, 0) is 58.2 Å². The molecule has 1 aliphatic carbocycles. The molecule has 0 radical (unpaired) electrons. The molecular weight excluding hydrogens is 385 g/mol. The molecule has 2 fully saturated rings. The Kier molecular flexibility index (Phi) is 7.05. The summed E-state index contributed by atoms with van der Waals surface area (Å²) in [6.07, 6.45) is 2.04. The number of hydrogen-bond donors (Lipinski definition) is 2. The van der Waals surface area contributed by atoms with E-state index in [-0.39, 0.29) is 11.9 Å². The summed E-state index contributed by atoms with van der Waals surface area (Å²) in [5.41, 5.74) is 0.880. The summed E-state index contributed by atoms with van der Waals surface area (Å²) < 4.78 is 20.2. The van der Waals surface area contributed by atoms with Crippen LogP contribution in [0.25, 0.3) is 0 Å². The Morgan fingerprint density at radius 1 is 1.23 bits per heavy atom. The summed E-state index contributed by atoms with van der Waals surface area (Å²) in [5.74, 6) is 0.524. The number of carbonyl (C=O) groups excluding carboxylic acids is 1. The second-order valence-electron chi connectivity index (χ2n) is 8.85. The van der Waals surface area contributed by atoms with Gasteiger partial charge in [-0.3, -0.25) is 0 Å². The van der Waals surface area contributed by atoms with Crippen LogP contribution >= 0.6 is 0 Å². The van der Waals surface area contributed by atoms with E-state index in [9.17, 15) is 9.18 Å². The van der Waals surface area contributed by atoms with Gasteiger partial charge >= 0.3 is 6.09 Å². The minimum atomic E-state index is -0.515. The summed E-state index contributed by atoms with van der Waals surface area (Å²) in [6, 6.07) is 5.80. The number of anilines is 1. The van der Waals surface area contributed by atoms with Gasteiger partial charge in [0.2, 0.25) is 0 Å². The highest BCUT2D eigenvalue weighted by molar-refractivity contribution is 5.80. The Bertz CT molecular complexity index is 765. The van der Waals surface area contributed by atoms with Crippen molar-refractivity contribution >= 4 is 17.7 Å². The van der Waals surface area contributed by atoms with E-state index in [1.54, 1.807) is 11.0 Å². The van der Waals surface area contributed by atoms with Gasteiger partial charge in [0, 0.05) is 38.8 Å². The van der Waals surface area contributed by atoms with E-state index >= 15 is 0 Å². The van der Waals surface area contributed by atoms with Crippen molar-refractivity contribution in [3.63, 3.8) is 0 Å². The molecule has 1 aliphatic heterocycles. The number of guanidine groups is 1. The molecule has 1 saturated heterocycles. The van der Waals surface area contributed by atoms with Crippen molar-refractivity contribution in [2.75, 3.05) is 37.6 Å². The van der Waals surface area contributed by atoms with E-state index in [0.717, 1.165) is 18.1 Å². The minimum absolute atomic E-state index is 0.256. The van der Waals surface area contributed by atoms with Crippen molar-refractivity contribution < 1.29 is 13.9 Å². The monoisotopic (exact) mass is 419 g/mol. The summed E-state index contributed by atoms with van der Waals surface area (Å²) in [5, 5.41) is 6.59. The Morgan fingerprint density at radius 2 is 1.93 bits per heavy atom. The number of benzene rings is 1. The fraction of sp³-hybridized carbons (Fsp3) is 0.636. The number of nitrogens with one attached hydrogen (secondary N) is 2. The number of piperazine rings is 1. The van der Waals surface area contributed by atoms with Crippen LogP contribution in [-0.4, -0.2) is 61.3 Å². The quantitative estimate of drug-likeness (QED) is 0.567. The average molecular weight is 420 g/mol. The van der Waals surface area contributed by atoms with E-state index in [2.05, 4.69) is 15.6 Å². The number of carbonyl (C=O) groups is 1. The Labute approximate surface area is 178 Å². The smallest absolute Gasteiger partial charge is 0.410 e. The first-order valence-electron chi connectivity index (χ1n) is 10.8. The lowest BCUT2D eigenvalue weighted by molar-refractivity contribution is 0.0240. The van der Waals surface area contributed by atoms with Crippen molar-refractivity contribution in [1.82, 2.24) is 15.5 Å². The maximum absolute atomic E-state index is 14.8. The molecule has 2 N–H and O–H groups in total. The van der Waals surface area contributed by atoms with E-state index in [1.165, 1.54) is 12.8 Å². The van der Waals surface area contributed by atoms with Gasteiger partial charge in [-0.1, -0.05) is 6.07 Å². The topological polar surface area (TPSA) is 69.2 Å². The van der Waals surface area contributed by atoms with Crippen LogP contribution < -0.4 is 15.5 Å². The fourth-order valence-electron chi connectivity index (χ4n) is 3.27. The van der Waals surface area contributed by atoms with Gasteiger partial charge in [-0.15, -0.1) is 0 Å². The van der Waals surface area contributed by atoms with Crippen molar-refractivity contribution in [1.29, 1.82) is 0 Å². The van der Waals surface area contributed by atoms with Gasteiger partial charge in [0.1, 0.15) is 11.4 Å². The number of aliphatic imine (C=N–C) groups is 1. The number of hydrogen-bond acceptors (Lipinski definition) is 4. The number of ether oxygens (including phenoxy) is 1. The SMILES string of the molecule is CCNC(=NCc1ccc(N2CCN(C(=O)OC(C)(C)C)CC2)c(F)c1)NC1CC1. The summed E-state index contributed by atoms with van der Waals surface area (Å²) in [7, 11) is 0. The van der Waals surface area contributed by atoms with Gasteiger partial charge in [-0.2, -0.15) is 0 Å². The Morgan fingerprint density at radius 3 is 2.50 bits per heavy atom. The third-order valence-corrected chi connectivity index (χ3v) is 4.97. The molecule has 0 bridgehead atoms. The molecule has 1 aromatic carbocycles. The summed E-state index contributed by atoms with van der Waals surface area (Å²) >= 11 is 0. The number of halogens is 1. The molecular formula is C22H34FN5O2. The Balaban J connectivity index is 1.56. The molecule has 0 spiro atoms. The van der Waals surface area contributed by atoms with Crippen LogP contribution in [0.2, 0.25) is 0 Å². The molecule has 7 nitrogen and oxygen atoms in total. The first kappa shape index (κ1) is 22.2. The van der Waals surface area contributed by atoms with E-state index < -0.39 is 5.60 Å². The maximum Gasteiger partial charge on any atom is 0.410 e. The van der Waals surface area contributed by atoms with Gasteiger partial charge in [0.05, 0.1) is 12.2 Å². The fourth-order valence-corrected chi connectivity index (χ4v) is 3.27. The maximum atomic E-state index is 14.8. The molecule has 30 heavy (non-hydrogen) atoms. The minimum Gasteiger partial charge on any atom is -0.444 e. The summed E-state index contributed by atoms with van der Waals surface area (Å²) in [4.78, 5) is 20.4. The standard InChI is InChI=1S/C22H34FN5O2/c1-5-24-20(26-17-7-8-17)25-15-16-6-9-19(18(23)14-16)27-10-12-28(13-11-27)21(29)30-22(2,3)4/h6,9,14,17H,5,7-8,10-13,15H2,1-4H3,(H2,24,25,26).